The summed E-state index contributed by atoms with van der Waals surface area (Å²) in [6.07, 6.45) is 13.4. The van der Waals surface area contributed by atoms with Crippen molar-refractivity contribution < 1.29 is 0 Å². The lowest BCUT2D eigenvalue weighted by Crippen LogP contribution is -2.24. The molecule has 114 heavy (non-hydrogen) atoms. The third-order valence-corrected chi connectivity index (χ3v) is 24.3. The molecule has 0 bridgehead atoms. The number of fused-ring (bicyclic) bond motifs is 9. The van der Waals surface area contributed by atoms with E-state index in [1.807, 2.05) is 54.6 Å². The summed E-state index contributed by atoms with van der Waals surface area (Å²) in [4.78, 5) is 13.0. The Morgan fingerprint density at radius 2 is 0.570 bits per heavy atom. The van der Waals surface area contributed by atoms with Crippen LogP contribution < -0.4 is 0 Å². The Hall–Kier alpha value is -13.3. The maximum atomic E-state index is 10.8. The molecule has 0 radical (unpaired) electrons. The van der Waals surface area contributed by atoms with Crippen LogP contribution in [0.4, 0.5) is 0 Å². The van der Waals surface area contributed by atoms with Crippen LogP contribution in [-0.2, 0) is 33.5 Å². The third-order valence-electron chi connectivity index (χ3n) is 24.3. The minimum Gasteiger partial charge on any atom is -0.309 e. The number of nitriles is 3. The molecule has 556 valence electrons. The fraction of sp³-hybridized carbons (Fsp3) is 0.200. The summed E-state index contributed by atoms with van der Waals surface area (Å²) in [7, 11) is 0. The van der Waals surface area contributed by atoms with Gasteiger partial charge >= 0.3 is 0 Å². The molecule has 0 saturated carbocycles. The van der Waals surface area contributed by atoms with E-state index in [-0.39, 0.29) is 27.1 Å². The van der Waals surface area contributed by atoms with Crippen LogP contribution in [0, 0.1) is 40.9 Å². The normalized spacial score (nSPS) is 12.3. The SMILES string of the molecule is Cc1cc(C#N)c(-c2ccncc2)cc1-n1c2ccc(C(C)(C)CCC(C)(C)c3ccc4c(c3)c3cc(C(C)(C)C)ccc3n4-c3cc(-c4ccncc4)c(C#N)cc3-c3ccccc3)cc2c2cc(C(C)(C)Cc3ccc4c(c3)c3cc(C(C)(C)C)ccc3n4-c3cc(-c4ccncc4)c(C#N)cc3-c3ccccc3)ccc21. The predicted molar refractivity (Wildman–Crippen MR) is 471 cm³/mol. The molecule has 0 aliphatic carbocycles. The Balaban J connectivity index is 0.765. The van der Waals surface area contributed by atoms with Gasteiger partial charge in [0.15, 0.2) is 0 Å². The lowest BCUT2D eigenvalue weighted by Gasteiger charge is -2.32. The number of aryl methyl sites for hydroxylation is 1. The number of benzene rings is 11. The van der Waals surface area contributed by atoms with Gasteiger partial charge < -0.3 is 13.7 Å². The summed E-state index contributed by atoms with van der Waals surface area (Å²) < 4.78 is 7.27. The summed E-state index contributed by atoms with van der Waals surface area (Å²) >= 11 is 0. The Bertz CT molecular complexity index is 6820. The second kappa shape index (κ2) is 28.2. The highest BCUT2D eigenvalue weighted by Crippen LogP contribution is 2.48. The summed E-state index contributed by atoms with van der Waals surface area (Å²) in [5, 5.41) is 39.4. The average Bonchev–Trinajstić information content (AvgIpc) is 1.58. The van der Waals surface area contributed by atoms with Gasteiger partial charge in [-0.05, 0) is 266 Å². The van der Waals surface area contributed by atoms with E-state index in [1.165, 1.54) is 65.7 Å². The first-order valence-corrected chi connectivity index (χ1v) is 39.6. The van der Waals surface area contributed by atoms with Gasteiger partial charge in [0, 0.05) is 103 Å². The van der Waals surface area contributed by atoms with Crippen molar-refractivity contribution in [1.82, 2.24) is 28.7 Å². The molecule has 0 aliphatic heterocycles. The minimum atomic E-state index is -0.342. The smallest absolute Gasteiger partial charge is 0.0998 e. The number of aromatic nitrogens is 6. The first-order valence-electron chi connectivity index (χ1n) is 39.6. The summed E-state index contributed by atoms with van der Waals surface area (Å²) in [6.45, 7) is 30.3. The molecule has 0 N–H and O–H groups in total. The fourth-order valence-electron chi connectivity index (χ4n) is 17.5. The third kappa shape index (κ3) is 13.1. The average molecular weight is 1480 g/mol. The van der Waals surface area contributed by atoms with Crippen LogP contribution in [0.3, 0.4) is 0 Å². The molecule has 0 fully saturated rings. The van der Waals surface area contributed by atoms with Crippen LogP contribution >= 0.6 is 0 Å². The van der Waals surface area contributed by atoms with Gasteiger partial charge in [-0.3, -0.25) is 15.0 Å². The van der Waals surface area contributed by atoms with Crippen LogP contribution in [0.1, 0.15) is 152 Å². The Labute approximate surface area is 668 Å². The second-order valence-electron chi connectivity index (χ2n) is 35.1. The van der Waals surface area contributed by atoms with Crippen molar-refractivity contribution in [2.75, 3.05) is 0 Å². The highest BCUT2D eigenvalue weighted by Gasteiger charge is 2.33. The lowest BCUT2D eigenvalue weighted by atomic mass is 9.72. The van der Waals surface area contributed by atoms with Gasteiger partial charge in [0.25, 0.3) is 0 Å². The topological polar surface area (TPSA) is 125 Å². The number of hydrogen-bond donors (Lipinski definition) is 0. The fourth-order valence-corrected chi connectivity index (χ4v) is 17.5. The summed E-state index contributed by atoms with van der Waals surface area (Å²) in [5.74, 6) is 0. The maximum absolute atomic E-state index is 10.8. The van der Waals surface area contributed by atoms with E-state index in [2.05, 4.69) is 325 Å². The van der Waals surface area contributed by atoms with Crippen molar-refractivity contribution in [2.24, 2.45) is 0 Å². The number of nitrogens with zero attached hydrogens (tertiary/aromatic N) is 9. The van der Waals surface area contributed by atoms with E-state index in [9.17, 15) is 15.8 Å². The van der Waals surface area contributed by atoms with Crippen molar-refractivity contribution in [3.8, 4) is 90.9 Å². The Morgan fingerprint density at radius 3 is 0.921 bits per heavy atom. The van der Waals surface area contributed by atoms with Crippen LogP contribution in [0.5, 0.6) is 0 Å². The molecule has 11 aromatic carbocycles. The maximum Gasteiger partial charge on any atom is 0.0998 e. The van der Waals surface area contributed by atoms with Gasteiger partial charge in [-0.2, -0.15) is 15.8 Å². The molecule has 17 aromatic rings. The van der Waals surface area contributed by atoms with Crippen LogP contribution in [-0.4, -0.2) is 28.7 Å². The van der Waals surface area contributed by atoms with Crippen molar-refractivity contribution in [2.45, 2.75) is 136 Å². The van der Waals surface area contributed by atoms with Crippen molar-refractivity contribution in [3.63, 3.8) is 0 Å². The van der Waals surface area contributed by atoms with Gasteiger partial charge in [-0.25, -0.2) is 0 Å². The van der Waals surface area contributed by atoms with Crippen LogP contribution in [0.25, 0.3) is 138 Å². The molecule has 0 unspecified atom stereocenters. The van der Waals surface area contributed by atoms with Crippen LogP contribution in [0.15, 0.2) is 280 Å². The zero-order valence-electron chi connectivity index (χ0n) is 67.2. The number of pyridine rings is 3. The summed E-state index contributed by atoms with van der Waals surface area (Å²) in [6, 6.07) is 95.8. The van der Waals surface area contributed by atoms with E-state index in [4.69, 9.17) is 0 Å². The van der Waals surface area contributed by atoms with Crippen molar-refractivity contribution in [1.29, 1.82) is 15.8 Å². The minimum absolute atomic E-state index is 0.0916. The molecule has 17 rings (SSSR count). The highest BCUT2D eigenvalue weighted by molar-refractivity contribution is 6.13. The number of rotatable bonds is 16. The molecular formula is C105H91N9. The second-order valence-corrected chi connectivity index (χ2v) is 35.1. The molecule has 9 heteroatoms. The number of hydrogen-bond acceptors (Lipinski definition) is 6. The first-order chi connectivity index (χ1) is 54.8. The van der Waals surface area contributed by atoms with E-state index >= 15 is 0 Å². The highest BCUT2D eigenvalue weighted by atomic mass is 15.0. The van der Waals surface area contributed by atoms with E-state index < -0.39 is 0 Å². The zero-order chi connectivity index (χ0) is 79.3. The van der Waals surface area contributed by atoms with Gasteiger partial charge in [0.1, 0.15) is 0 Å². The zero-order valence-corrected chi connectivity index (χ0v) is 67.2. The molecule has 0 atom stereocenters. The Kier molecular flexibility index (Phi) is 18.2. The van der Waals surface area contributed by atoms with Gasteiger partial charge in [-0.1, -0.05) is 180 Å². The van der Waals surface area contributed by atoms with Crippen LogP contribution in [0.2, 0.25) is 0 Å². The monoisotopic (exact) mass is 1480 g/mol. The van der Waals surface area contributed by atoms with Gasteiger partial charge in [0.05, 0.1) is 79.4 Å². The van der Waals surface area contributed by atoms with Gasteiger partial charge in [-0.15, -0.1) is 0 Å². The van der Waals surface area contributed by atoms with Crippen molar-refractivity contribution >= 4 is 65.4 Å². The summed E-state index contributed by atoms with van der Waals surface area (Å²) in [5.41, 5.74) is 28.4. The van der Waals surface area contributed by atoms with Crippen molar-refractivity contribution in [3.05, 3.63) is 335 Å². The molecule has 6 aromatic heterocycles. The molecule has 9 nitrogen and oxygen atoms in total. The van der Waals surface area contributed by atoms with E-state index in [1.54, 1.807) is 37.2 Å². The quantitative estimate of drug-likeness (QED) is 0.0949. The molecule has 0 aliphatic rings. The Morgan fingerprint density at radius 1 is 0.281 bits per heavy atom. The molecule has 0 saturated heterocycles. The van der Waals surface area contributed by atoms with Gasteiger partial charge in [0.2, 0.25) is 0 Å². The molecule has 6 heterocycles. The largest absolute Gasteiger partial charge is 0.309 e. The van der Waals surface area contributed by atoms with E-state index in [0.717, 1.165) is 131 Å². The molecular weight excluding hydrogens is 1390 g/mol. The van der Waals surface area contributed by atoms with E-state index in [0.29, 0.717) is 16.7 Å². The molecule has 0 spiro atoms. The lowest BCUT2D eigenvalue weighted by molar-refractivity contribution is 0.375. The standard InChI is InChI=1S/C105H91N9/c1-66-50-73(63-106)81(70-36-44-109-45-37-70)59-98(66)112-93-33-27-78(103(8,9)42-43-104(10,11)79-28-34-97-89(56-79)88-55-77(102(5,6)7)26-32-96(88)114(97)100-61-83(72-40-48-111-49-41-72)75(65-108)53-85(100)69-22-18-15-19-23-69)57-90(93)91-58-80(29-35-94(91)112)105(12,13)62-67-24-30-92-86(51-67)87-54-76(101(2,3)4)25-31-95(87)113(92)99-60-82(71-38-46-110-47-39-71)74(64-107)52-84(99)68-20-16-14-17-21-68/h14-41,44-61H,42-43,62H2,1-13H3. The predicted octanol–water partition coefficient (Wildman–Crippen LogP) is 26.6. The molecule has 0 amide bonds. The first kappa shape index (κ1) is 73.5.